The van der Waals surface area contributed by atoms with Gasteiger partial charge in [-0.15, -0.1) is 0 Å². The molecule has 6 nitrogen and oxygen atoms in total. The van der Waals surface area contributed by atoms with Gasteiger partial charge in [-0.25, -0.2) is 4.98 Å². The van der Waals surface area contributed by atoms with Gasteiger partial charge in [0.1, 0.15) is 0 Å². The molecule has 3 aromatic carbocycles. The Kier molecular flexibility index (Phi) is 7.06. The maximum absolute atomic E-state index is 13.8. The number of halogens is 3. The van der Waals surface area contributed by atoms with Crippen molar-refractivity contribution in [3.8, 4) is 0 Å². The summed E-state index contributed by atoms with van der Waals surface area (Å²) in [4.78, 5) is 32.5. The second-order valence-corrected chi connectivity index (χ2v) is 9.23. The predicted octanol–water partition coefficient (Wildman–Crippen LogP) is 4.99. The van der Waals surface area contributed by atoms with Gasteiger partial charge in [0.25, 0.3) is 5.56 Å². The molecule has 1 aliphatic rings. The first-order valence-electron chi connectivity index (χ1n) is 12.4. The lowest BCUT2D eigenvalue weighted by atomic mass is 9.97. The first-order valence-corrected chi connectivity index (χ1v) is 12.4. The van der Waals surface area contributed by atoms with Gasteiger partial charge in [-0.05, 0) is 23.1 Å². The van der Waals surface area contributed by atoms with E-state index in [4.69, 9.17) is 5.73 Å². The zero-order valence-electron chi connectivity index (χ0n) is 20.8. The number of nitrogens with zero attached hydrogens (tertiary/aromatic N) is 3. The predicted molar refractivity (Wildman–Crippen MR) is 143 cm³/mol. The van der Waals surface area contributed by atoms with Crippen LogP contribution in [0.2, 0.25) is 0 Å². The lowest BCUT2D eigenvalue weighted by Gasteiger charge is -2.30. The summed E-state index contributed by atoms with van der Waals surface area (Å²) in [6.07, 6.45) is -3.97. The van der Waals surface area contributed by atoms with E-state index >= 15 is 0 Å². The van der Waals surface area contributed by atoms with Crippen LogP contribution in [0.3, 0.4) is 0 Å². The maximum atomic E-state index is 13.8. The number of alkyl halides is 3. The molecule has 9 heteroatoms. The normalized spacial score (nSPS) is 13.8. The highest BCUT2D eigenvalue weighted by molar-refractivity contribution is 5.96. The van der Waals surface area contributed by atoms with Crippen molar-refractivity contribution in [1.82, 2.24) is 14.5 Å². The van der Waals surface area contributed by atoms with E-state index in [1.54, 1.807) is 6.07 Å². The van der Waals surface area contributed by atoms with E-state index in [9.17, 15) is 22.8 Å². The summed E-state index contributed by atoms with van der Waals surface area (Å²) in [5.41, 5.74) is 7.25. The van der Waals surface area contributed by atoms with Gasteiger partial charge in [-0.1, -0.05) is 91.0 Å². The molecule has 1 aromatic heterocycles. The average Bonchev–Trinajstić information content (AvgIpc) is 2.94. The van der Waals surface area contributed by atoms with Crippen molar-refractivity contribution in [3.05, 3.63) is 135 Å². The zero-order chi connectivity index (χ0) is 27.6. The van der Waals surface area contributed by atoms with E-state index in [1.807, 2.05) is 60.7 Å². The van der Waals surface area contributed by atoms with Crippen LogP contribution >= 0.6 is 0 Å². The van der Waals surface area contributed by atoms with Crippen LogP contribution in [0, 0.1) is 0 Å². The standard InChI is InChI=1S/C30H25F3N4O2/c31-30(32,33)24(20-10-4-1-5-11-20)18-26(38)36-17-16-23-25(19-36)35-29(34)37(28(23)39)27(21-12-6-2-7-13-21)22-14-8-3-9-15-22/h1-15,18,27H,16-17,19H2,(H2,34,35)/b24-18-. The lowest BCUT2D eigenvalue weighted by molar-refractivity contribution is -0.127. The monoisotopic (exact) mass is 530 g/mol. The molecule has 0 unspecified atom stereocenters. The first kappa shape index (κ1) is 26.0. The molecule has 0 bridgehead atoms. The van der Waals surface area contributed by atoms with Gasteiger partial charge in [0.2, 0.25) is 11.9 Å². The highest BCUT2D eigenvalue weighted by atomic mass is 19.4. The van der Waals surface area contributed by atoms with E-state index in [1.165, 1.54) is 33.7 Å². The Morgan fingerprint density at radius 3 is 1.97 bits per heavy atom. The van der Waals surface area contributed by atoms with E-state index in [0.29, 0.717) is 11.6 Å². The fourth-order valence-electron chi connectivity index (χ4n) is 4.88. The Hall–Kier alpha value is -4.66. The fourth-order valence-corrected chi connectivity index (χ4v) is 4.88. The molecule has 0 saturated carbocycles. The summed E-state index contributed by atoms with van der Waals surface area (Å²) < 4.78 is 42.7. The molecule has 1 amide bonds. The number of nitrogens with two attached hydrogens (primary N) is 1. The highest BCUT2D eigenvalue weighted by Gasteiger charge is 2.36. The second kappa shape index (κ2) is 10.6. The molecule has 198 valence electrons. The van der Waals surface area contributed by atoms with E-state index in [-0.39, 0.29) is 42.3 Å². The Labute approximate surface area is 222 Å². The number of benzene rings is 3. The Balaban J connectivity index is 1.50. The summed E-state index contributed by atoms with van der Waals surface area (Å²) in [7, 11) is 0. The van der Waals surface area contributed by atoms with Crippen molar-refractivity contribution >= 4 is 17.4 Å². The van der Waals surface area contributed by atoms with Crippen molar-refractivity contribution in [2.75, 3.05) is 12.3 Å². The van der Waals surface area contributed by atoms with Gasteiger partial charge in [0, 0.05) is 18.2 Å². The van der Waals surface area contributed by atoms with Crippen LogP contribution in [0.1, 0.15) is 34.0 Å². The number of aromatic nitrogens is 2. The lowest BCUT2D eigenvalue weighted by Crippen LogP contribution is -2.41. The Morgan fingerprint density at radius 2 is 1.44 bits per heavy atom. The smallest absolute Gasteiger partial charge is 0.369 e. The molecule has 0 saturated heterocycles. The summed E-state index contributed by atoms with van der Waals surface area (Å²) in [5, 5.41) is 0. The number of hydrogen-bond donors (Lipinski definition) is 1. The number of fused-ring (bicyclic) bond motifs is 1. The van der Waals surface area contributed by atoms with Crippen molar-refractivity contribution in [3.63, 3.8) is 0 Å². The third-order valence-corrected chi connectivity index (χ3v) is 6.75. The van der Waals surface area contributed by atoms with Crippen molar-refractivity contribution in [1.29, 1.82) is 0 Å². The van der Waals surface area contributed by atoms with E-state index in [2.05, 4.69) is 4.98 Å². The summed E-state index contributed by atoms with van der Waals surface area (Å²) in [6.45, 7) is -0.0450. The number of carbonyl (C=O) groups excluding carboxylic acids is 1. The number of anilines is 1. The quantitative estimate of drug-likeness (QED) is 0.369. The topological polar surface area (TPSA) is 81.2 Å². The molecule has 4 aromatic rings. The molecular weight excluding hydrogens is 505 g/mol. The minimum Gasteiger partial charge on any atom is -0.369 e. The van der Waals surface area contributed by atoms with Crippen LogP contribution in [0.5, 0.6) is 0 Å². The third-order valence-electron chi connectivity index (χ3n) is 6.75. The van der Waals surface area contributed by atoms with Gasteiger partial charge in [0.05, 0.1) is 23.9 Å². The average molecular weight is 531 g/mol. The van der Waals surface area contributed by atoms with Gasteiger partial charge < -0.3 is 10.6 Å². The largest absolute Gasteiger partial charge is 0.417 e. The van der Waals surface area contributed by atoms with Crippen LogP contribution in [-0.4, -0.2) is 33.1 Å². The zero-order valence-corrected chi connectivity index (χ0v) is 20.8. The number of nitrogen functional groups attached to an aromatic ring is 1. The highest BCUT2D eigenvalue weighted by Crippen LogP contribution is 2.34. The number of rotatable bonds is 5. The minimum absolute atomic E-state index is 0.0402. The van der Waals surface area contributed by atoms with Crippen LogP contribution in [0.15, 0.2) is 102 Å². The minimum atomic E-state index is -4.72. The molecule has 39 heavy (non-hydrogen) atoms. The third kappa shape index (κ3) is 5.34. The van der Waals surface area contributed by atoms with Gasteiger partial charge in [-0.2, -0.15) is 13.2 Å². The van der Waals surface area contributed by atoms with E-state index < -0.39 is 23.7 Å². The summed E-state index contributed by atoms with van der Waals surface area (Å²) in [6, 6.07) is 25.5. The van der Waals surface area contributed by atoms with Gasteiger partial charge in [-0.3, -0.25) is 14.2 Å². The SMILES string of the molecule is Nc1nc2c(c(=O)n1C(c1ccccc1)c1ccccc1)CCN(C(=O)/C=C(/c1ccccc1)C(F)(F)F)C2. The Bertz CT molecular complexity index is 1530. The molecule has 0 fully saturated rings. The molecule has 2 heterocycles. The molecule has 0 aliphatic carbocycles. The maximum Gasteiger partial charge on any atom is 0.417 e. The molecule has 0 radical (unpaired) electrons. The van der Waals surface area contributed by atoms with Crippen LogP contribution in [0.4, 0.5) is 19.1 Å². The van der Waals surface area contributed by atoms with E-state index in [0.717, 1.165) is 11.1 Å². The van der Waals surface area contributed by atoms with Crippen molar-refractivity contribution in [2.24, 2.45) is 0 Å². The van der Waals surface area contributed by atoms with Crippen LogP contribution < -0.4 is 11.3 Å². The molecular formula is C30H25F3N4O2. The fraction of sp³-hybridized carbons (Fsp3) is 0.167. The molecule has 0 spiro atoms. The number of amides is 1. The van der Waals surface area contributed by atoms with Gasteiger partial charge >= 0.3 is 6.18 Å². The molecule has 5 rings (SSSR count). The number of hydrogen-bond acceptors (Lipinski definition) is 4. The second-order valence-electron chi connectivity index (χ2n) is 9.23. The number of carbonyl (C=O) groups is 1. The molecule has 2 N–H and O–H groups in total. The summed E-state index contributed by atoms with van der Waals surface area (Å²) >= 11 is 0. The Morgan fingerprint density at radius 1 is 0.897 bits per heavy atom. The first-order chi connectivity index (χ1) is 18.7. The molecule has 0 atom stereocenters. The van der Waals surface area contributed by atoms with Crippen molar-refractivity contribution in [2.45, 2.75) is 25.2 Å². The summed E-state index contributed by atoms with van der Waals surface area (Å²) in [5.74, 6) is -0.852. The van der Waals surface area contributed by atoms with Gasteiger partial charge in [0.15, 0.2) is 0 Å². The number of allylic oxidation sites excluding steroid dienone is 1. The molecule has 1 aliphatic heterocycles. The van der Waals surface area contributed by atoms with Crippen LogP contribution in [0.25, 0.3) is 5.57 Å². The van der Waals surface area contributed by atoms with Crippen molar-refractivity contribution < 1.29 is 18.0 Å². The van der Waals surface area contributed by atoms with Crippen LogP contribution in [-0.2, 0) is 17.8 Å².